The highest BCUT2D eigenvalue weighted by Crippen LogP contribution is 2.24. The second-order valence-electron chi connectivity index (χ2n) is 3.74. The summed E-state index contributed by atoms with van der Waals surface area (Å²) in [5.74, 6) is 1.54. The van der Waals surface area contributed by atoms with Gasteiger partial charge < -0.3 is 14.6 Å². The highest BCUT2D eigenvalue weighted by atomic mass is 35.5. The number of phenolic OH excluding ortho intramolecular Hbond substituents is 1. The lowest BCUT2D eigenvalue weighted by Crippen LogP contribution is -1.96. The number of phenols is 1. The Hall–Kier alpha value is -1.87. The monoisotopic (exact) mass is 264 g/mol. The summed E-state index contributed by atoms with van der Waals surface area (Å²) in [6, 6.07) is 12.2. The second-order valence-corrected chi connectivity index (χ2v) is 4.18. The molecule has 0 bridgehead atoms. The summed E-state index contributed by atoms with van der Waals surface area (Å²) in [6.07, 6.45) is 0. The van der Waals surface area contributed by atoms with Gasteiger partial charge in [0.2, 0.25) is 0 Å². The molecule has 0 atom stereocenters. The van der Waals surface area contributed by atoms with Gasteiger partial charge in [-0.3, -0.25) is 0 Å². The molecule has 0 amide bonds. The van der Waals surface area contributed by atoms with Crippen molar-refractivity contribution in [2.75, 3.05) is 7.11 Å². The maximum atomic E-state index is 9.68. The highest BCUT2D eigenvalue weighted by Gasteiger charge is 2.03. The Kier molecular flexibility index (Phi) is 3.95. The van der Waals surface area contributed by atoms with E-state index in [1.54, 1.807) is 25.3 Å². The molecule has 0 aliphatic rings. The first-order valence-corrected chi connectivity index (χ1v) is 5.81. The molecule has 3 nitrogen and oxygen atoms in total. The summed E-state index contributed by atoms with van der Waals surface area (Å²) in [6.45, 7) is 0.274. The minimum Gasteiger partial charge on any atom is -0.507 e. The highest BCUT2D eigenvalue weighted by molar-refractivity contribution is 6.30. The minimum atomic E-state index is 0.130. The first-order valence-electron chi connectivity index (χ1n) is 5.43. The Morgan fingerprint density at radius 1 is 1.11 bits per heavy atom. The third kappa shape index (κ3) is 3.08. The normalized spacial score (nSPS) is 10.1. The van der Waals surface area contributed by atoms with E-state index in [9.17, 15) is 5.11 Å². The topological polar surface area (TPSA) is 38.7 Å². The molecule has 0 radical (unpaired) electrons. The predicted molar refractivity (Wildman–Crippen MR) is 70.4 cm³/mol. The van der Waals surface area contributed by atoms with E-state index in [-0.39, 0.29) is 12.4 Å². The summed E-state index contributed by atoms with van der Waals surface area (Å²) in [4.78, 5) is 0. The van der Waals surface area contributed by atoms with Crippen LogP contribution in [0.4, 0.5) is 0 Å². The second kappa shape index (κ2) is 5.65. The standard InChI is InChI=1S/C14H13ClO3/c1-17-12-3-2-4-13(8-12)18-9-10-5-6-11(15)7-14(10)16/h2-8,16H,9H2,1H3. The number of benzene rings is 2. The molecule has 2 aromatic carbocycles. The Bertz CT molecular complexity index is 540. The van der Waals surface area contributed by atoms with Crippen molar-refractivity contribution >= 4 is 11.6 Å². The molecule has 1 N–H and O–H groups in total. The number of rotatable bonds is 4. The average molecular weight is 265 g/mol. The largest absolute Gasteiger partial charge is 0.507 e. The Labute approximate surface area is 111 Å². The van der Waals surface area contributed by atoms with Crippen LogP contribution < -0.4 is 9.47 Å². The smallest absolute Gasteiger partial charge is 0.123 e. The van der Waals surface area contributed by atoms with E-state index in [0.29, 0.717) is 16.3 Å². The van der Waals surface area contributed by atoms with Crippen LogP contribution in [0.1, 0.15) is 5.56 Å². The van der Waals surface area contributed by atoms with Crippen LogP contribution in [0.3, 0.4) is 0 Å². The molecule has 0 aliphatic heterocycles. The Morgan fingerprint density at radius 3 is 2.61 bits per heavy atom. The SMILES string of the molecule is COc1cccc(OCc2ccc(Cl)cc2O)c1. The van der Waals surface area contributed by atoms with Crippen molar-refractivity contribution in [2.24, 2.45) is 0 Å². The molecule has 2 rings (SSSR count). The zero-order valence-electron chi connectivity index (χ0n) is 9.89. The van der Waals surface area contributed by atoms with Crippen LogP contribution >= 0.6 is 11.6 Å². The van der Waals surface area contributed by atoms with Gasteiger partial charge in [0.05, 0.1) is 7.11 Å². The van der Waals surface area contributed by atoms with Gasteiger partial charge in [0.15, 0.2) is 0 Å². The van der Waals surface area contributed by atoms with E-state index in [4.69, 9.17) is 21.1 Å². The average Bonchev–Trinajstić information content (AvgIpc) is 2.38. The van der Waals surface area contributed by atoms with Gasteiger partial charge in [-0.1, -0.05) is 23.7 Å². The van der Waals surface area contributed by atoms with Crippen molar-refractivity contribution in [3.05, 3.63) is 53.1 Å². The third-order valence-electron chi connectivity index (χ3n) is 2.48. The van der Waals surface area contributed by atoms with E-state index in [1.165, 1.54) is 6.07 Å². The minimum absolute atomic E-state index is 0.130. The third-order valence-corrected chi connectivity index (χ3v) is 2.72. The molecule has 4 heteroatoms. The van der Waals surface area contributed by atoms with Gasteiger partial charge in [-0.25, -0.2) is 0 Å². The zero-order chi connectivity index (χ0) is 13.0. The van der Waals surface area contributed by atoms with E-state index in [2.05, 4.69) is 0 Å². The number of hydrogen-bond acceptors (Lipinski definition) is 3. The molecule has 94 valence electrons. The fourth-order valence-electron chi connectivity index (χ4n) is 1.51. The summed E-state index contributed by atoms with van der Waals surface area (Å²) in [7, 11) is 1.60. The summed E-state index contributed by atoms with van der Waals surface area (Å²) in [5.41, 5.74) is 0.683. The molecular formula is C14H13ClO3. The van der Waals surface area contributed by atoms with Crippen LogP contribution in [0.15, 0.2) is 42.5 Å². The van der Waals surface area contributed by atoms with Crippen molar-refractivity contribution in [1.82, 2.24) is 0 Å². The number of methoxy groups -OCH3 is 1. The van der Waals surface area contributed by atoms with Gasteiger partial charge in [0, 0.05) is 16.7 Å². The van der Waals surface area contributed by atoms with Crippen LogP contribution in [-0.2, 0) is 6.61 Å². The molecular weight excluding hydrogens is 252 g/mol. The van der Waals surface area contributed by atoms with Gasteiger partial charge in [-0.2, -0.15) is 0 Å². The number of halogens is 1. The van der Waals surface area contributed by atoms with E-state index >= 15 is 0 Å². The maximum Gasteiger partial charge on any atom is 0.123 e. The fraction of sp³-hybridized carbons (Fsp3) is 0.143. The lowest BCUT2D eigenvalue weighted by Gasteiger charge is -2.09. The van der Waals surface area contributed by atoms with Crippen LogP contribution in [0.25, 0.3) is 0 Å². The molecule has 2 aromatic rings. The lowest BCUT2D eigenvalue weighted by atomic mass is 10.2. The first kappa shape index (κ1) is 12.6. The number of aromatic hydroxyl groups is 1. The van der Waals surface area contributed by atoms with Crippen LogP contribution in [-0.4, -0.2) is 12.2 Å². The lowest BCUT2D eigenvalue weighted by molar-refractivity contribution is 0.297. The first-order chi connectivity index (χ1) is 8.69. The molecule has 18 heavy (non-hydrogen) atoms. The molecule has 0 aromatic heterocycles. The quantitative estimate of drug-likeness (QED) is 0.916. The predicted octanol–water partition coefficient (Wildman–Crippen LogP) is 3.63. The molecule has 0 fully saturated rings. The Balaban J connectivity index is 2.06. The molecule has 0 spiro atoms. The van der Waals surface area contributed by atoms with Crippen molar-refractivity contribution in [3.8, 4) is 17.2 Å². The summed E-state index contributed by atoms with van der Waals surface area (Å²) >= 11 is 5.76. The van der Waals surface area contributed by atoms with E-state index in [0.717, 1.165) is 5.75 Å². The summed E-state index contributed by atoms with van der Waals surface area (Å²) < 4.78 is 10.7. The number of ether oxygens (including phenoxy) is 2. The molecule has 0 saturated heterocycles. The number of hydrogen-bond donors (Lipinski definition) is 1. The van der Waals surface area contributed by atoms with Crippen molar-refractivity contribution < 1.29 is 14.6 Å². The van der Waals surface area contributed by atoms with Gasteiger partial charge >= 0.3 is 0 Å². The van der Waals surface area contributed by atoms with Gasteiger partial charge in [-0.05, 0) is 24.3 Å². The molecule has 0 unspecified atom stereocenters. The van der Waals surface area contributed by atoms with Crippen molar-refractivity contribution in [2.45, 2.75) is 6.61 Å². The van der Waals surface area contributed by atoms with Gasteiger partial charge in [0.25, 0.3) is 0 Å². The van der Waals surface area contributed by atoms with E-state index < -0.39 is 0 Å². The van der Waals surface area contributed by atoms with Crippen LogP contribution in [0, 0.1) is 0 Å². The van der Waals surface area contributed by atoms with Crippen LogP contribution in [0.5, 0.6) is 17.2 Å². The molecule has 0 saturated carbocycles. The van der Waals surface area contributed by atoms with Crippen molar-refractivity contribution in [3.63, 3.8) is 0 Å². The van der Waals surface area contributed by atoms with Gasteiger partial charge in [-0.15, -0.1) is 0 Å². The van der Waals surface area contributed by atoms with Gasteiger partial charge in [0.1, 0.15) is 23.9 Å². The fourth-order valence-corrected chi connectivity index (χ4v) is 1.68. The maximum absolute atomic E-state index is 9.68. The van der Waals surface area contributed by atoms with Crippen LogP contribution in [0.2, 0.25) is 5.02 Å². The molecule has 0 heterocycles. The molecule has 0 aliphatic carbocycles. The summed E-state index contributed by atoms with van der Waals surface area (Å²) in [5, 5.41) is 10.2. The van der Waals surface area contributed by atoms with E-state index in [1.807, 2.05) is 18.2 Å². The zero-order valence-corrected chi connectivity index (χ0v) is 10.6. The Morgan fingerprint density at radius 2 is 1.89 bits per heavy atom. The van der Waals surface area contributed by atoms with Crippen molar-refractivity contribution in [1.29, 1.82) is 0 Å².